The molecule has 0 aliphatic heterocycles. The lowest BCUT2D eigenvalue weighted by atomic mass is 10.5. The van der Waals surface area contributed by atoms with Crippen LogP contribution in [0, 0.1) is 0 Å². The average molecular weight is 204 g/mol. The van der Waals surface area contributed by atoms with Gasteiger partial charge < -0.3 is 0 Å². The van der Waals surface area contributed by atoms with E-state index in [4.69, 9.17) is 0 Å². The van der Waals surface area contributed by atoms with E-state index in [1.54, 1.807) is 0 Å². The fourth-order valence-electron chi connectivity index (χ4n) is 0.873. The van der Waals surface area contributed by atoms with Crippen molar-refractivity contribution in [3.8, 4) is 0 Å². The third kappa shape index (κ3) is 6.01. The monoisotopic (exact) mass is 204 g/mol. The van der Waals surface area contributed by atoms with E-state index < -0.39 is 0 Å². The number of hydrogen-bond acceptors (Lipinski definition) is 2. The largest absolute Gasteiger partial charge is 0.127 e. The molecule has 0 aromatic carbocycles. The molecule has 0 aliphatic carbocycles. The fourth-order valence-corrected chi connectivity index (χ4v) is 2.91. The Bertz CT molecular complexity index is 139. The van der Waals surface area contributed by atoms with E-state index >= 15 is 0 Å². The summed E-state index contributed by atoms with van der Waals surface area (Å²) in [6.45, 7) is 13.4. The van der Waals surface area contributed by atoms with Gasteiger partial charge in [0.2, 0.25) is 0 Å². The average Bonchev–Trinajstić information content (AvgIpc) is 1.84. The number of hydrogen-bond donors (Lipinski definition) is 0. The van der Waals surface area contributed by atoms with Gasteiger partial charge in [-0.1, -0.05) is 27.7 Å². The number of thioether (sulfide) groups is 2. The van der Waals surface area contributed by atoms with Gasteiger partial charge in [0.15, 0.2) is 0 Å². The minimum atomic E-state index is 0.702. The Morgan fingerprint density at radius 2 is 1.00 bits per heavy atom. The SMILES string of the molecule is C/C(SC(C)C)=C(\C)SC(C)C. The second kappa shape index (κ2) is 5.98. The highest BCUT2D eigenvalue weighted by Crippen LogP contribution is 2.31. The van der Waals surface area contributed by atoms with Crippen molar-refractivity contribution in [2.24, 2.45) is 0 Å². The zero-order valence-corrected chi connectivity index (χ0v) is 10.6. The van der Waals surface area contributed by atoms with E-state index in [1.807, 2.05) is 23.5 Å². The van der Waals surface area contributed by atoms with Crippen LogP contribution < -0.4 is 0 Å². The Kier molecular flexibility index (Phi) is 6.20. The van der Waals surface area contributed by atoms with Gasteiger partial charge in [-0.15, -0.1) is 23.5 Å². The highest BCUT2D eigenvalue weighted by molar-refractivity contribution is 8.07. The van der Waals surface area contributed by atoms with E-state index in [-0.39, 0.29) is 0 Å². The molecular formula is C10H20S2. The van der Waals surface area contributed by atoms with E-state index in [0.717, 1.165) is 0 Å². The molecule has 0 aromatic rings. The smallest absolute Gasteiger partial charge is 0.00347 e. The molecule has 0 heterocycles. The van der Waals surface area contributed by atoms with Gasteiger partial charge in [-0.05, 0) is 23.7 Å². The Morgan fingerprint density at radius 3 is 1.17 bits per heavy atom. The summed E-state index contributed by atoms with van der Waals surface area (Å²) in [5.74, 6) is 0. The van der Waals surface area contributed by atoms with Crippen molar-refractivity contribution in [2.75, 3.05) is 0 Å². The molecule has 0 unspecified atom stereocenters. The zero-order chi connectivity index (χ0) is 9.72. The molecule has 12 heavy (non-hydrogen) atoms. The van der Waals surface area contributed by atoms with Crippen molar-refractivity contribution in [1.29, 1.82) is 0 Å². The topological polar surface area (TPSA) is 0 Å². The molecule has 0 aliphatic rings. The van der Waals surface area contributed by atoms with E-state index in [2.05, 4.69) is 41.5 Å². The molecular weight excluding hydrogens is 184 g/mol. The van der Waals surface area contributed by atoms with E-state index in [0.29, 0.717) is 10.5 Å². The van der Waals surface area contributed by atoms with Crippen molar-refractivity contribution in [3.63, 3.8) is 0 Å². The van der Waals surface area contributed by atoms with Crippen LogP contribution in [0.15, 0.2) is 9.81 Å². The lowest BCUT2D eigenvalue weighted by Gasteiger charge is -2.11. The van der Waals surface area contributed by atoms with E-state index in [1.165, 1.54) is 9.81 Å². The molecule has 2 heteroatoms. The molecule has 0 atom stereocenters. The quantitative estimate of drug-likeness (QED) is 0.660. The molecule has 0 N–H and O–H groups in total. The maximum Gasteiger partial charge on any atom is 0.00347 e. The predicted molar refractivity (Wildman–Crippen MR) is 63.8 cm³/mol. The molecule has 0 spiro atoms. The van der Waals surface area contributed by atoms with Crippen LogP contribution in [0.2, 0.25) is 0 Å². The van der Waals surface area contributed by atoms with Crippen LogP contribution >= 0.6 is 23.5 Å². The van der Waals surface area contributed by atoms with Crippen molar-refractivity contribution < 1.29 is 0 Å². The third-order valence-electron chi connectivity index (χ3n) is 1.32. The zero-order valence-electron chi connectivity index (χ0n) is 8.97. The van der Waals surface area contributed by atoms with Crippen LogP contribution in [-0.2, 0) is 0 Å². The van der Waals surface area contributed by atoms with Gasteiger partial charge in [-0.25, -0.2) is 0 Å². The van der Waals surface area contributed by atoms with Crippen molar-refractivity contribution in [1.82, 2.24) is 0 Å². The van der Waals surface area contributed by atoms with Crippen LogP contribution in [0.3, 0.4) is 0 Å². The Balaban J connectivity index is 4.06. The second-order valence-electron chi connectivity index (χ2n) is 3.45. The first kappa shape index (κ1) is 12.4. The summed E-state index contributed by atoms with van der Waals surface area (Å²) in [5.41, 5.74) is 0. The van der Waals surface area contributed by atoms with Gasteiger partial charge in [0.1, 0.15) is 0 Å². The third-order valence-corrected chi connectivity index (χ3v) is 3.71. The first-order chi connectivity index (χ1) is 5.43. The van der Waals surface area contributed by atoms with Crippen LogP contribution in [0.1, 0.15) is 41.5 Å². The van der Waals surface area contributed by atoms with Crippen molar-refractivity contribution >= 4 is 23.5 Å². The maximum absolute atomic E-state index is 2.24. The standard InChI is InChI=1S/C10H20S2/c1-7(2)11-9(5)10(6)12-8(3)4/h7-8H,1-6H3/b10-9-. The summed E-state index contributed by atoms with van der Waals surface area (Å²) < 4.78 is 0. The minimum absolute atomic E-state index is 0.702. The van der Waals surface area contributed by atoms with Crippen LogP contribution in [0.5, 0.6) is 0 Å². The number of allylic oxidation sites excluding steroid dienone is 2. The second-order valence-corrected chi connectivity index (χ2v) is 7.03. The van der Waals surface area contributed by atoms with E-state index in [9.17, 15) is 0 Å². The maximum atomic E-state index is 2.24. The summed E-state index contributed by atoms with van der Waals surface area (Å²) in [6, 6.07) is 0. The molecule has 0 bridgehead atoms. The summed E-state index contributed by atoms with van der Waals surface area (Å²) in [7, 11) is 0. The lowest BCUT2D eigenvalue weighted by molar-refractivity contribution is 1.11. The summed E-state index contributed by atoms with van der Waals surface area (Å²) >= 11 is 3.93. The van der Waals surface area contributed by atoms with Crippen LogP contribution in [0.25, 0.3) is 0 Å². The molecule has 0 aromatic heterocycles. The molecule has 0 amide bonds. The van der Waals surface area contributed by atoms with Gasteiger partial charge in [-0.2, -0.15) is 0 Å². The van der Waals surface area contributed by atoms with Crippen molar-refractivity contribution in [2.45, 2.75) is 52.0 Å². The molecule has 0 radical (unpaired) electrons. The van der Waals surface area contributed by atoms with Gasteiger partial charge in [0, 0.05) is 10.5 Å². The molecule has 72 valence electrons. The first-order valence-corrected chi connectivity index (χ1v) is 6.20. The lowest BCUT2D eigenvalue weighted by Crippen LogP contribution is -1.90. The summed E-state index contributed by atoms with van der Waals surface area (Å²) in [5, 5.41) is 1.40. The molecule has 0 nitrogen and oxygen atoms in total. The normalized spacial score (nSPS) is 14.0. The molecule has 0 fully saturated rings. The molecule has 0 rings (SSSR count). The van der Waals surface area contributed by atoms with Gasteiger partial charge >= 0.3 is 0 Å². The first-order valence-electron chi connectivity index (χ1n) is 4.44. The minimum Gasteiger partial charge on any atom is -0.127 e. The molecule has 0 saturated heterocycles. The fraction of sp³-hybridized carbons (Fsp3) is 0.800. The van der Waals surface area contributed by atoms with Gasteiger partial charge in [0.25, 0.3) is 0 Å². The van der Waals surface area contributed by atoms with Gasteiger partial charge in [0.05, 0.1) is 0 Å². The van der Waals surface area contributed by atoms with Crippen molar-refractivity contribution in [3.05, 3.63) is 9.81 Å². The summed E-state index contributed by atoms with van der Waals surface area (Å²) in [6.07, 6.45) is 0. The van der Waals surface area contributed by atoms with Gasteiger partial charge in [-0.3, -0.25) is 0 Å². The summed E-state index contributed by atoms with van der Waals surface area (Å²) in [4.78, 5) is 2.95. The Hall–Kier alpha value is 0.440. The Morgan fingerprint density at radius 1 is 0.750 bits per heavy atom. The Labute approximate surface area is 85.6 Å². The highest BCUT2D eigenvalue weighted by Gasteiger charge is 2.03. The van der Waals surface area contributed by atoms with Crippen LogP contribution in [-0.4, -0.2) is 10.5 Å². The van der Waals surface area contributed by atoms with Crippen LogP contribution in [0.4, 0.5) is 0 Å². The number of rotatable bonds is 4. The predicted octanol–water partition coefficient (Wildman–Crippen LogP) is 4.52. The highest BCUT2D eigenvalue weighted by atomic mass is 32.2. The molecule has 0 saturated carbocycles.